The van der Waals surface area contributed by atoms with Crippen molar-refractivity contribution in [2.75, 3.05) is 38.3 Å². The first-order valence-corrected chi connectivity index (χ1v) is 10.5. The van der Waals surface area contributed by atoms with Crippen LogP contribution in [-0.4, -0.2) is 49.1 Å². The summed E-state index contributed by atoms with van der Waals surface area (Å²) in [6.45, 7) is 7.67. The van der Waals surface area contributed by atoms with Gasteiger partial charge in [-0.3, -0.25) is 9.36 Å². The van der Waals surface area contributed by atoms with Crippen LogP contribution in [-0.2, 0) is 22.4 Å². The number of hydrogen-bond acceptors (Lipinski definition) is 5. The SMILES string of the molecule is COC[C@H]1CN(c2ccc3c(=O)n(CCc4ccc(C)cc4C)cnc3c2)CCO1. The van der Waals surface area contributed by atoms with Gasteiger partial charge in [0.05, 0.1) is 36.5 Å². The lowest BCUT2D eigenvalue weighted by Gasteiger charge is -2.34. The van der Waals surface area contributed by atoms with Crippen molar-refractivity contribution < 1.29 is 9.47 Å². The summed E-state index contributed by atoms with van der Waals surface area (Å²) in [7, 11) is 1.69. The van der Waals surface area contributed by atoms with Crippen molar-refractivity contribution >= 4 is 16.6 Å². The predicted molar refractivity (Wildman–Crippen MR) is 119 cm³/mol. The Hall–Kier alpha value is -2.70. The Bertz CT molecular complexity index is 1090. The summed E-state index contributed by atoms with van der Waals surface area (Å²) in [5, 5.41) is 0.656. The van der Waals surface area contributed by atoms with E-state index in [1.54, 1.807) is 18.0 Å². The number of nitrogens with zero attached hydrogens (tertiary/aromatic N) is 3. The van der Waals surface area contributed by atoms with Gasteiger partial charge in [-0.05, 0) is 49.6 Å². The number of benzene rings is 2. The molecule has 6 heteroatoms. The molecule has 1 aliphatic heterocycles. The second-order valence-corrected chi connectivity index (χ2v) is 8.02. The summed E-state index contributed by atoms with van der Waals surface area (Å²) in [5.74, 6) is 0. The van der Waals surface area contributed by atoms with Gasteiger partial charge in [0.25, 0.3) is 5.56 Å². The maximum absolute atomic E-state index is 13.0. The van der Waals surface area contributed by atoms with Crippen molar-refractivity contribution in [2.24, 2.45) is 0 Å². The summed E-state index contributed by atoms with van der Waals surface area (Å²) in [6.07, 6.45) is 2.54. The molecule has 1 aliphatic rings. The number of rotatable bonds is 6. The van der Waals surface area contributed by atoms with Crippen LogP contribution in [0.4, 0.5) is 5.69 Å². The van der Waals surface area contributed by atoms with E-state index in [1.165, 1.54) is 16.7 Å². The van der Waals surface area contributed by atoms with Crippen LogP contribution in [0.2, 0.25) is 0 Å². The number of hydrogen-bond donors (Lipinski definition) is 0. The van der Waals surface area contributed by atoms with E-state index in [2.05, 4.69) is 41.9 Å². The van der Waals surface area contributed by atoms with Crippen LogP contribution in [0.25, 0.3) is 10.9 Å². The lowest BCUT2D eigenvalue weighted by molar-refractivity contribution is -0.0100. The molecule has 1 aromatic heterocycles. The third kappa shape index (κ3) is 4.40. The van der Waals surface area contributed by atoms with Crippen molar-refractivity contribution in [1.82, 2.24) is 9.55 Å². The molecule has 6 nitrogen and oxygen atoms in total. The molecule has 0 amide bonds. The fraction of sp³-hybridized carbons (Fsp3) is 0.417. The van der Waals surface area contributed by atoms with E-state index in [-0.39, 0.29) is 11.7 Å². The Morgan fingerprint density at radius 1 is 1.20 bits per heavy atom. The predicted octanol–water partition coefficient (Wildman–Crippen LogP) is 3.11. The topological polar surface area (TPSA) is 56.6 Å². The van der Waals surface area contributed by atoms with E-state index in [0.29, 0.717) is 25.1 Å². The summed E-state index contributed by atoms with van der Waals surface area (Å²) in [6, 6.07) is 12.4. The molecule has 0 radical (unpaired) electrons. The molecule has 0 aliphatic carbocycles. The molecule has 0 unspecified atom stereocenters. The molecule has 2 heterocycles. The Kier molecular flexibility index (Phi) is 6.16. The van der Waals surface area contributed by atoms with Gasteiger partial charge in [0, 0.05) is 32.4 Å². The van der Waals surface area contributed by atoms with E-state index in [1.807, 2.05) is 18.2 Å². The zero-order valence-electron chi connectivity index (χ0n) is 17.9. The van der Waals surface area contributed by atoms with Crippen LogP contribution in [0.1, 0.15) is 16.7 Å². The van der Waals surface area contributed by atoms with Crippen molar-refractivity contribution in [2.45, 2.75) is 32.9 Å². The number of morpholine rings is 1. The second kappa shape index (κ2) is 8.98. The molecule has 3 aromatic rings. The lowest BCUT2D eigenvalue weighted by atomic mass is 10.0. The van der Waals surface area contributed by atoms with Gasteiger partial charge in [-0.1, -0.05) is 23.8 Å². The van der Waals surface area contributed by atoms with E-state index >= 15 is 0 Å². The molecule has 0 saturated carbocycles. The summed E-state index contributed by atoms with van der Waals surface area (Å²) >= 11 is 0. The minimum atomic E-state index is 0.00977. The molecule has 2 aromatic carbocycles. The zero-order valence-corrected chi connectivity index (χ0v) is 17.9. The highest BCUT2D eigenvalue weighted by molar-refractivity contribution is 5.81. The number of aryl methyl sites for hydroxylation is 4. The van der Waals surface area contributed by atoms with Gasteiger partial charge in [0.2, 0.25) is 0 Å². The first-order chi connectivity index (χ1) is 14.5. The number of anilines is 1. The van der Waals surface area contributed by atoms with Gasteiger partial charge >= 0.3 is 0 Å². The third-order valence-electron chi connectivity index (χ3n) is 5.79. The van der Waals surface area contributed by atoms with Gasteiger partial charge in [-0.2, -0.15) is 0 Å². The summed E-state index contributed by atoms with van der Waals surface area (Å²) in [4.78, 5) is 19.8. The Labute approximate surface area is 177 Å². The number of fused-ring (bicyclic) bond motifs is 1. The van der Waals surface area contributed by atoms with Gasteiger partial charge in [-0.25, -0.2) is 4.98 Å². The van der Waals surface area contributed by atoms with Crippen LogP contribution in [0.3, 0.4) is 0 Å². The van der Waals surface area contributed by atoms with E-state index in [4.69, 9.17) is 9.47 Å². The smallest absolute Gasteiger partial charge is 0.261 e. The second-order valence-electron chi connectivity index (χ2n) is 8.02. The Morgan fingerprint density at radius 3 is 2.87 bits per heavy atom. The normalized spacial score (nSPS) is 16.9. The maximum Gasteiger partial charge on any atom is 0.261 e. The summed E-state index contributed by atoms with van der Waals surface area (Å²) < 4.78 is 12.7. The van der Waals surface area contributed by atoms with Crippen molar-refractivity contribution in [3.8, 4) is 0 Å². The molecular weight excluding hydrogens is 378 g/mol. The van der Waals surface area contributed by atoms with Gasteiger partial charge in [0.1, 0.15) is 0 Å². The molecule has 1 saturated heterocycles. The van der Waals surface area contributed by atoms with Crippen LogP contribution >= 0.6 is 0 Å². The third-order valence-corrected chi connectivity index (χ3v) is 5.79. The van der Waals surface area contributed by atoms with Gasteiger partial charge in [0.15, 0.2) is 0 Å². The van der Waals surface area contributed by atoms with Crippen molar-refractivity contribution in [1.29, 1.82) is 0 Å². The van der Waals surface area contributed by atoms with Crippen molar-refractivity contribution in [3.63, 3.8) is 0 Å². The first kappa shape index (κ1) is 20.6. The number of methoxy groups -OCH3 is 1. The summed E-state index contributed by atoms with van der Waals surface area (Å²) in [5.41, 5.74) is 5.59. The number of aromatic nitrogens is 2. The van der Waals surface area contributed by atoms with Crippen LogP contribution in [0.15, 0.2) is 47.5 Å². The van der Waals surface area contributed by atoms with Crippen LogP contribution in [0.5, 0.6) is 0 Å². The minimum absolute atomic E-state index is 0.00977. The van der Waals surface area contributed by atoms with E-state index in [9.17, 15) is 4.79 Å². The Balaban J connectivity index is 1.53. The van der Waals surface area contributed by atoms with Gasteiger partial charge in [-0.15, -0.1) is 0 Å². The Morgan fingerprint density at radius 2 is 2.07 bits per heavy atom. The molecule has 0 N–H and O–H groups in total. The van der Waals surface area contributed by atoms with Crippen LogP contribution < -0.4 is 10.5 Å². The highest BCUT2D eigenvalue weighted by atomic mass is 16.5. The van der Waals surface area contributed by atoms with Gasteiger partial charge < -0.3 is 14.4 Å². The van der Waals surface area contributed by atoms with E-state index < -0.39 is 0 Å². The average Bonchev–Trinajstić information content (AvgIpc) is 2.74. The van der Waals surface area contributed by atoms with E-state index in [0.717, 1.165) is 30.7 Å². The zero-order chi connectivity index (χ0) is 21.1. The highest BCUT2D eigenvalue weighted by Gasteiger charge is 2.21. The molecule has 30 heavy (non-hydrogen) atoms. The molecule has 0 spiro atoms. The number of ether oxygens (including phenoxy) is 2. The van der Waals surface area contributed by atoms with Crippen LogP contribution in [0, 0.1) is 13.8 Å². The average molecular weight is 408 g/mol. The standard InChI is InChI=1S/C24H29N3O3/c1-17-4-5-19(18(2)12-17)8-9-27-16-25-23-13-20(6-7-22(23)24(27)28)26-10-11-30-21(14-26)15-29-3/h4-7,12-13,16,21H,8-11,14-15H2,1-3H3/t21-/m1/s1. The largest absolute Gasteiger partial charge is 0.382 e. The molecule has 158 valence electrons. The fourth-order valence-electron chi connectivity index (χ4n) is 4.11. The quantitative estimate of drug-likeness (QED) is 0.629. The lowest BCUT2D eigenvalue weighted by Crippen LogP contribution is -2.44. The molecular formula is C24H29N3O3. The highest BCUT2D eigenvalue weighted by Crippen LogP contribution is 2.21. The monoisotopic (exact) mass is 407 g/mol. The first-order valence-electron chi connectivity index (χ1n) is 10.5. The molecule has 4 rings (SSSR count). The fourth-order valence-corrected chi connectivity index (χ4v) is 4.11. The molecule has 1 atom stereocenters. The maximum atomic E-state index is 13.0. The molecule has 1 fully saturated rings. The van der Waals surface area contributed by atoms with Crippen molar-refractivity contribution in [3.05, 3.63) is 69.8 Å². The molecule has 0 bridgehead atoms. The minimum Gasteiger partial charge on any atom is -0.382 e.